The first-order valence-corrected chi connectivity index (χ1v) is 5.74. The zero-order valence-electron chi connectivity index (χ0n) is 7.53. The van der Waals surface area contributed by atoms with Gasteiger partial charge in [0, 0.05) is 0 Å². The van der Waals surface area contributed by atoms with Gasteiger partial charge >= 0.3 is 8.60 Å². The maximum Gasteiger partial charge on any atom is 0.330 e. The lowest BCUT2D eigenvalue weighted by atomic mass is 9.98. The molecule has 4 heteroatoms. The molecule has 12 heavy (non-hydrogen) atoms. The first-order valence-electron chi connectivity index (χ1n) is 4.61. The summed E-state index contributed by atoms with van der Waals surface area (Å²) in [6, 6.07) is 0. The molecule has 1 saturated carbocycles. The second-order valence-corrected chi connectivity index (χ2v) is 3.97. The molecule has 0 aromatic carbocycles. The Balaban J connectivity index is 2.11. The molecule has 0 aromatic rings. The molecule has 1 unspecified atom stereocenters. The molecule has 0 aliphatic heterocycles. The second kappa shape index (κ2) is 5.87. The summed E-state index contributed by atoms with van der Waals surface area (Å²) in [5, 5.41) is 0. The van der Waals surface area contributed by atoms with Gasteiger partial charge in [-0.3, -0.25) is 0 Å². The lowest BCUT2D eigenvalue weighted by molar-refractivity contribution is 0.117. The summed E-state index contributed by atoms with van der Waals surface area (Å²) in [5.74, 6) is 0. The highest BCUT2D eigenvalue weighted by molar-refractivity contribution is 7.40. The minimum atomic E-state index is -1.60. The molecule has 1 aliphatic carbocycles. The topological polar surface area (TPSA) is 38.7 Å². The van der Waals surface area contributed by atoms with Crippen LogP contribution in [0.2, 0.25) is 0 Å². The monoisotopic (exact) mass is 192 g/mol. The van der Waals surface area contributed by atoms with E-state index in [2.05, 4.69) is 0 Å². The Morgan fingerprint density at radius 2 is 2.00 bits per heavy atom. The summed E-state index contributed by atoms with van der Waals surface area (Å²) >= 11 is 0. The maximum absolute atomic E-state index is 9.22. The van der Waals surface area contributed by atoms with E-state index in [-0.39, 0.29) is 6.10 Å². The van der Waals surface area contributed by atoms with Crippen molar-refractivity contribution in [1.29, 1.82) is 0 Å². The Kier molecular flexibility index (Phi) is 5.08. The van der Waals surface area contributed by atoms with Crippen molar-refractivity contribution in [2.45, 2.75) is 45.1 Å². The molecule has 0 aromatic heterocycles. The van der Waals surface area contributed by atoms with E-state index in [9.17, 15) is 4.89 Å². The molecule has 0 heterocycles. The van der Waals surface area contributed by atoms with E-state index in [1.54, 1.807) is 0 Å². The van der Waals surface area contributed by atoms with Gasteiger partial charge in [0.2, 0.25) is 0 Å². The van der Waals surface area contributed by atoms with Crippen molar-refractivity contribution in [3.8, 4) is 0 Å². The van der Waals surface area contributed by atoms with Gasteiger partial charge in [-0.1, -0.05) is 19.3 Å². The maximum atomic E-state index is 9.22. The van der Waals surface area contributed by atoms with Crippen LogP contribution in [-0.2, 0) is 9.05 Å². The molecule has 1 N–H and O–H groups in total. The van der Waals surface area contributed by atoms with Gasteiger partial charge in [0.05, 0.1) is 12.7 Å². The zero-order valence-corrected chi connectivity index (χ0v) is 8.43. The minimum Gasteiger partial charge on any atom is -0.328 e. The summed E-state index contributed by atoms with van der Waals surface area (Å²) < 4.78 is 10.3. The van der Waals surface area contributed by atoms with Gasteiger partial charge in [-0.25, -0.2) is 0 Å². The number of hydrogen-bond acceptors (Lipinski definition) is 3. The Morgan fingerprint density at radius 1 is 1.33 bits per heavy atom. The third kappa shape index (κ3) is 3.81. The summed E-state index contributed by atoms with van der Waals surface area (Å²) in [5.41, 5.74) is 0. The minimum absolute atomic E-state index is 0.237. The van der Waals surface area contributed by atoms with Gasteiger partial charge in [-0.15, -0.1) is 0 Å². The summed E-state index contributed by atoms with van der Waals surface area (Å²) in [6.45, 7) is 2.38. The highest BCUT2D eigenvalue weighted by Crippen LogP contribution is 2.37. The smallest absolute Gasteiger partial charge is 0.328 e. The largest absolute Gasteiger partial charge is 0.330 e. The van der Waals surface area contributed by atoms with Gasteiger partial charge < -0.3 is 13.9 Å². The third-order valence-corrected chi connectivity index (χ3v) is 2.99. The Hall–Kier alpha value is 0.310. The second-order valence-electron chi connectivity index (χ2n) is 3.02. The molecule has 3 nitrogen and oxygen atoms in total. The fourth-order valence-electron chi connectivity index (χ4n) is 1.44. The molecule has 0 saturated heterocycles. The molecule has 0 spiro atoms. The van der Waals surface area contributed by atoms with Crippen LogP contribution in [0.3, 0.4) is 0 Å². The van der Waals surface area contributed by atoms with Crippen LogP contribution in [0.4, 0.5) is 0 Å². The van der Waals surface area contributed by atoms with Crippen LogP contribution < -0.4 is 0 Å². The van der Waals surface area contributed by atoms with Crippen LogP contribution in [0.1, 0.15) is 39.0 Å². The predicted octanol–water partition coefficient (Wildman–Crippen LogP) is 2.59. The van der Waals surface area contributed by atoms with E-state index in [1.807, 2.05) is 6.92 Å². The van der Waals surface area contributed by atoms with Crippen LogP contribution in [0, 0.1) is 0 Å². The molecule has 1 rings (SSSR count). The lowest BCUT2D eigenvalue weighted by Gasteiger charge is -2.23. The summed E-state index contributed by atoms with van der Waals surface area (Å²) in [6.07, 6.45) is 6.14. The van der Waals surface area contributed by atoms with E-state index < -0.39 is 8.60 Å². The fourth-order valence-corrected chi connectivity index (χ4v) is 2.19. The normalized spacial score (nSPS) is 22.5. The van der Waals surface area contributed by atoms with E-state index in [4.69, 9.17) is 9.05 Å². The fraction of sp³-hybridized carbons (Fsp3) is 1.00. The molecule has 1 fully saturated rings. The van der Waals surface area contributed by atoms with E-state index in [0.29, 0.717) is 6.61 Å². The van der Waals surface area contributed by atoms with Crippen LogP contribution >= 0.6 is 8.60 Å². The first-order chi connectivity index (χ1) is 5.83. The van der Waals surface area contributed by atoms with Crippen molar-refractivity contribution >= 4 is 8.60 Å². The van der Waals surface area contributed by atoms with Crippen molar-refractivity contribution in [1.82, 2.24) is 0 Å². The molecule has 0 bridgehead atoms. The average Bonchev–Trinajstić information content (AvgIpc) is 2.06. The van der Waals surface area contributed by atoms with Gasteiger partial charge in [-0.2, -0.15) is 0 Å². The SMILES string of the molecule is CCOP(O)OC1CCCCC1. The van der Waals surface area contributed by atoms with Crippen LogP contribution in [0.15, 0.2) is 0 Å². The molecule has 72 valence electrons. The van der Waals surface area contributed by atoms with Gasteiger partial charge in [0.15, 0.2) is 0 Å². The van der Waals surface area contributed by atoms with E-state index in [1.165, 1.54) is 19.3 Å². The van der Waals surface area contributed by atoms with Crippen molar-refractivity contribution in [2.75, 3.05) is 6.61 Å². The highest BCUT2D eigenvalue weighted by atomic mass is 31.2. The first kappa shape index (κ1) is 10.4. The summed E-state index contributed by atoms with van der Waals surface area (Å²) in [4.78, 5) is 9.22. The van der Waals surface area contributed by atoms with Gasteiger partial charge in [0.25, 0.3) is 0 Å². The average molecular weight is 192 g/mol. The van der Waals surface area contributed by atoms with Crippen LogP contribution in [0.25, 0.3) is 0 Å². The van der Waals surface area contributed by atoms with E-state index in [0.717, 1.165) is 12.8 Å². The van der Waals surface area contributed by atoms with Gasteiger partial charge in [0.1, 0.15) is 0 Å². The molecule has 1 aliphatic rings. The Labute approximate surface area is 75.1 Å². The molecular weight excluding hydrogens is 175 g/mol. The molecular formula is C8H17O3P. The number of rotatable bonds is 4. The van der Waals surface area contributed by atoms with Crippen molar-refractivity contribution in [3.05, 3.63) is 0 Å². The number of hydrogen-bond donors (Lipinski definition) is 1. The van der Waals surface area contributed by atoms with Gasteiger partial charge in [-0.05, 0) is 19.8 Å². The lowest BCUT2D eigenvalue weighted by Crippen LogP contribution is -2.14. The standard InChI is InChI=1S/C8H17O3P/c1-2-10-12(9)11-8-6-4-3-5-7-8/h8-9H,2-7H2,1H3. The van der Waals surface area contributed by atoms with Crippen LogP contribution in [0.5, 0.6) is 0 Å². The molecule has 1 atom stereocenters. The quantitative estimate of drug-likeness (QED) is 0.696. The zero-order chi connectivity index (χ0) is 8.81. The predicted molar refractivity (Wildman–Crippen MR) is 48.7 cm³/mol. The summed E-state index contributed by atoms with van der Waals surface area (Å²) in [7, 11) is -1.60. The van der Waals surface area contributed by atoms with Crippen molar-refractivity contribution in [3.63, 3.8) is 0 Å². The highest BCUT2D eigenvalue weighted by Gasteiger charge is 2.18. The van der Waals surface area contributed by atoms with Crippen LogP contribution in [-0.4, -0.2) is 17.6 Å². The molecule has 0 amide bonds. The van der Waals surface area contributed by atoms with Crippen molar-refractivity contribution in [2.24, 2.45) is 0 Å². The van der Waals surface area contributed by atoms with E-state index >= 15 is 0 Å². The third-order valence-electron chi connectivity index (χ3n) is 2.03. The van der Waals surface area contributed by atoms with Crippen molar-refractivity contribution < 1.29 is 13.9 Å². The Bertz CT molecular complexity index is 115. The molecule has 0 radical (unpaired) electrons. The Morgan fingerprint density at radius 3 is 2.58 bits per heavy atom.